The van der Waals surface area contributed by atoms with Crippen LogP contribution in [-0.2, 0) is 9.53 Å². The molecule has 2 radical (unpaired) electrons. The SMILES string of the molecule is CCOC(=O)C[B-]c1n2c(c3[n+]1[C@H](C(C)C)CO3)OC[C@H]2C(C)C. The monoisotopic (exact) mass is 334 g/mol. The second kappa shape index (κ2) is 6.69. The van der Waals surface area contributed by atoms with Crippen molar-refractivity contribution in [3.05, 3.63) is 0 Å². The van der Waals surface area contributed by atoms with Crippen molar-refractivity contribution < 1.29 is 23.6 Å². The van der Waals surface area contributed by atoms with Gasteiger partial charge in [-0.15, -0.1) is 6.32 Å². The average Bonchev–Trinajstić information content (AvgIpc) is 3.16. The summed E-state index contributed by atoms with van der Waals surface area (Å²) in [5.74, 6) is 2.26. The van der Waals surface area contributed by atoms with Crippen molar-refractivity contribution in [2.75, 3.05) is 19.8 Å². The fourth-order valence-electron chi connectivity index (χ4n) is 3.48. The number of fused-ring (bicyclic) bond motifs is 3. The topological polar surface area (TPSA) is 53.6 Å². The minimum Gasteiger partial charge on any atom is -0.468 e. The fraction of sp³-hybridized carbons (Fsp3) is 0.765. The largest absolute Gasteiger partial charge is 0.468 e. The Bertz CT molecular complexity index is 585. The normalized spacial score (nSPS) is 21.6. The molecule has 24 heavy (non-hydrogen) atoms. The van der Waals surface area contributed by atoms with E-state index in [9.17, 15) is 4.79 Å². The van der Waals surface area contributed by atoms with E-state index in [1.807, 2.05) is 14.2 Å². The van der Waals surface area contributed by atoms with Gasteiger partial charge in [-0.05, 0) is 18.8 Å². The zero-order valence-electron chi connectivity index (χ0n) is 15.2. The van der Waals surface area contributed by atoms with E-state index in [-0.39, 0.29) is 24.4 Å². The van der Waals surface area contributed by atoms with Crippen LogP contribution in [0.1, 0.15) is 46.7 Å². The first kappa shape index (κ1) is 17.2. The molecule has 1 aromatic rings. The van der Waals surface area contributed by atoms with Crippen LogP contribution in [-0.4, -0.2) is 37.6 Å². The van der Waals surface area contributed by atoms with Crippen molar-refractivity contribution in [1.82, 2.24) is 4.57 Å². The van der Waals surface area contributed by atoms with Gasteiger partial charge in [0.1, 0.15) is 25.3 Å². The van der Waals surface area contributed by atoms with Crippen LogP contribution in [0, 0.1) is 11.8 Å². The molecule has 0 saturated carbocycles. The van der Waals surface area contributed by atoms with Crippen molar-refractivity contribution in [2.45, 2.75) is 53.0 Å². The molecular weight excluding hydrogens is 307 g/mol. The maximum Gasteiger partial charge on any atom is 0.369 e. The molecular formula is C17H27BN2O4. The van der Waals surface area contributed by atoms with E-state index in [4.69, 9.17) is 14.2 Å². The van der Waals surface area contributed by atoms with E-state index in [0.717, 1.165) is 17.5 Å². The molecule has 0 aromatic carbocycles. The Hall–Kier alpha value is -1.66. The lowest BCUT2D eigenvalue weighted by atomic mass is 9.72. The van der Waals surface area contributed by atoms with Crippen LogP contribution in [0.2, 0.25) is 6.32 Å². The van der Waals surface area contributed by atoms with Crippen LogP contribution in [0.5, 0.6) is 11.8 Å². The van der Waals surface area contributed by atoms with Crippen molar-refractivity contribution in [2.24, 2.45) is 11.8 Å². The van der Waals surface area contributed by atoms with Crippen LogP contribution in [0.15, 0.2) is 0 Å². The maximum absolute atomic E-state index is 11.8. The second-order valence-electron chi connectivity index (χ2n) is 7.17. The van der Waals surface area contributed by atoms with Gasteiger partial charge in [-0.25, -0.2) is 9.13 Å². The number of hydrogen-bond acceptors (Lipinski definition) is 4. The quantitative estimate of drug-likeness (QED) is 0.447. The zero-order chi connectivity index (χ0) is 17.4. The van der Waals surface area contributed by atoms with Crippen LogP contribution in [0.4, 0.5) is 0 Å². The second-order valence-corrected chi connectivity index (χ2v) is 7.17. The lowest BCUT2D eigenvalue weighted by molar-refractivity contribution is -0.694. The Morgan fingerprint density at radius 1 is 1.29 bits per heavy atom. The summed E-state index contributed by atoms with van der Waals surface area (Å²) in [6.45, 7) is 12.3. The Kier molecular flexibility index (Phi) is 4.79. The van der Waals surface area contributed by atoms with Crippen LogP contribution in [0.3, 0.4) is 0 Å². The van der Waals surface area contributed by atoms with Gasteiger partial charge in [-0.2, -0.15) is 7.28 Å². The molecule has 0 spiro atoms. The van der Waals surface area contributed by atoms with Crippen molar-refractivity contribution in [1.29, 1.82) is 0 Å². The number of esters is 1. The summed E-state index contributed by atoms with van der Waals surface area (Å²) in [5, 5.41) is 0. The van der Waals surface area contributed by atoms with E-state index in [1.54, 1.807) is 0 Å². The molecule has 3 heterocycles. The molecule has 1 aromatic heterocycles. The first-order valence-corrected chi connectivity index (χ1v) is 8.89. The number of rotatable bonds is 6. The van der Waals surface area contributed by atoms with Gasteiger partial charge in [0, 0.05) is 5.72 Å². The predicted octanol–water partition coefficient (Wildman–Crippen LogP) is 1.27. The lowest BCUT2D eigenvalue weighted by Crippen LogP contribution is -2.56. The van der Waals surface area contributed by atoms with Crippen LogP contribution >= 0.6 is 0 Å². The maximum atomic E-state index is 11.8. The highest BCUT2D eigenvalue weighted by molar-refractivity contribution is 6.54. The molecule has 7 heteroatoms. The Labute approximate surface area is 144 Å². The molecule has 132 valence electrons. The van der Waals surface area contributed by atoms with Gasteiger partial charge in [0.25, 0.3) is 5.97 Å². The van der Waals surface area contributed by atoms with E-state index >= 15 is 0 Å². The minimum absolute atomic E-state index is 0.206. The van der Waals surface area contributed by atoms with Crippen LogP contribution in [0.25, 0.3) is 0 Å². The van der Waals surface area contributed by atoms with E-state index in [2.05, 4.69) is 36.8 Å². The van der Waals surface area contributed by atoms with Gasteiger partial charge >= 0.3 is 11.8 Å². The Morgan fingerprint density at radius 3 is 2.67 bits per heavy atom. The third-order valence-corrected chi connectivity index (χ3v) is 4.85. The molecule has 0 amide bonds. The highest BCUT2D eigenvalue weighted by Crippen LogP contribution is 2.39. The molecule has 2 aliphatic heterocycles. The zero-order valence-corrected chi connectivity index (χ0v) is 15.2. The molecule has 2 atom stereocenters. The first-order chi connectivity index (χ1) is 11.5. The number of carbonyl (C=O) groups excluding carboxylic acids is 1. The van der Waals surface area contributed by atoms with Crippen molar-refractivity contribution >= 4 is 19.0 Å². The highest BCUT2D eigenvalue weighted by Gasteiger charge is 2.45. The number of aromatic nitrogens is 2. The molecule has 0 aliphatic carbocycles. The van der Waals surface area contributed by atoms with E-state index in [0.29, 0.717) is 31.7 Å². The number of imidazole rings is 1. The molecule has 0 unspecified atom stereocenters. The smallest absolute Gasteiger partial charge is 0.369 e. The van der Waals surface area contributed by atoms with Crippen molar-refractivity contribution in [3.63, 3.8) is 0 Å². The molecule has 0 bridgehead atoms. The molecule has 6 nitrogen and oxygen atoms in total. The predicted molar refractivity (Wildman–Crippen MR) is 90.2 cm³/mol. The lowest BCUT2D eigenvalue weighted by Gasteiger charge is -2.22. The van der Waals surface area contributed by atoms with Gasteiger partial charge in [0.05, 0.1) is 6.61 Å². The molecule has 0 N–H and O–H groups in total. The average molecular weight is 334 g/mol. The standard InChI is InChI=1S/C17H27BN2O4/c1-6-22-14(21)7-18-17-19-12(10(2)3)8-23-15(19)16-20(17)13(9-24-16)11(4)5/h10-13H,6-9H2,1-5H3/t12-,13-/m0/s1. The van der Waals surface area contributed by atoms with Gasteiger partial charge in [-0.3, -0.25) is 4.79 Å². The number of hydrogen-bond donors (Lipinski definition) is 0. The van der Waals surface area contributed by atoms with E-state index < -0.39 is 0 Å². The fourth-order valence-corrected chi connectivity index (χ4v) is 3.48. The van der Waals surface area contributed by atoms with Crippen molar-refractivity contribution in [3.8, 4) is 11.8 Å². The summed E-state index contributed by atoms with van der Waals surface area (Å²) in [6, 6.07) is 0.505. The summed E-state index contributed by atoms with van der Waals surface area (Å²) in [4.78, 5) is 11.8. The van der Waals surface area contributed by atoms with Gasteiger partial charge in [0.15, 0.2) is 0 Å². The third-order valence-electron chi connectivity index (χ3n) is 4.85. The molecule has 3 rings (SSSR count). The van der Waals surface area contributed by atoms with E-state index in [1.165, 1.54) is 0 Å². The molecule has 0 fully saturated rings. The number of nitrogens with zero attached hydrogens (tertiary/aromatic N) is 2. The number of ether oxygens (including phenoxy) is 3. The molecule has 2 aliphatic rings. The Balaban J connectivity index is 1.98. The summed E-state index contributed by atoms with van der Waals surface area (Å²) >= 11 is 0. The Morgan fingerprint density at radius 2 is 2.04 bits per heavy atom. The van der Waals surface area contributed by atoms with Gasteiger partial charge in [0.2, 0.25) is 0 Å². The number of carbonyl (C=O) groups is 1. The summed E-state index contributed by atoms with van der Waals surface area (Å²) in [5.41, 5.74) is 1.00. The van der Waals surface area contributed by atoms with Gasteiger partial charge in [-0.1, -0.05) is 27.7 Å². The summed E-state index contributed by atoms with van der Waals surface area (Å²) in [6.07, 6.45) is 0.256. The highest BCUT2D eigenvalue weighted by atomic mass is 16.5. The summed E-state index contributed by atoms with van der Waals surface area (Å²) in [7, 11) is 1.96. The van der Waals surface area contributed by atoms with Crippen LogP contribution < -0.4 is 19.8 Å². The molecule has 0 saturated heterocycles. The van der Waals surface area contributed by atoms with Gasteiger partial charge < -0.3 is 14.2 Å². The summed E-state index contributed by atoms with van der Waals surface area (Å²) < 4.78 is 21.4. The minimum atomic E-state index is -0.206. The third kappa shape index (κ3) is 2.78. The first-order valence-electron chi connectivity index (χ1n) is 8.89.